The van der Waals surface area contributed by atoms with Crippen LogP contribution in [-0.2, 0) is 9.53 Å². The van der Waals surface area contributed by atoms with E-state index in [1.165, 1.54) is 0 Å². The van der Waals surface area contributed by atoms with Gasteiger partial charge >= 0.3 is 0 Å². The summed E-state index contributed by atoms with van der Waals surface area (Å²) >= 11 is 0. The van der Waals surface area contributed by atoms with E-state index in [1.54, 1.807) is 0 Å². The minimum Gasteiger partial charge on any atom is -0.364 e. The summed E-state index contributed by atoms with van der Waals surface area (Å²) in [5.41, 5.74) is 0. The molecule has 0 aromatic carbocycles. The van der Waals surface area contributed by atoms with E-state index in [1.807, 2.05) is 0 Å². The third kappa shape index (κ3) is 0.996. The zero-order valence-corrected chi connectivity index (χ0v) is 4.02. The first-order chi connectivity index (χ1) is 3.43. The number of carbonyl (C=O) groups is 1. The molecule has 1 radical (unpaired) electrons. The van der Waals surface area contributed by atoms with Crippen molar-refractivity contribution in [3.63, 3.8) is 0 Å². The van der Waals surface area contributed by atoms with Crippen LogP contribution in [0.25, 0.3) is 0 Å². The van der Waals surface area contributed by atoms with Crippen LogP contribution >= 0.6 is 0 Å². The summed E-state index contributed by atoms with van der Waals surface area (Å²) in [5, 5.41) is 0. The highest BCUT2D eigenvalue weighted by Crippen LogP contribution is 2.15. The van der Waals surface area contributed by atoms with Gasteiger partial charge in [0.15, 0.2) is 12.4 Å². The normalized spacial score (nSPS) is 22.9. The first kappa shape index (κ1) is 4.78. The second kappa shape index (κ2) is 2.07. The molecule has 1 fully saturated rings. The molecule has 2 nitrogen and oxygen atoms in total. The smallest absolute Gasteiger partial charge is 0.159 e. The van der Waals surface area contributed by atoms with Crippen molar-refractivity contribution in [3.8, 4) is 0 Å². The Hall–Kier alpha value is -0.370. The maximum absolute atomic E-state index is 9.85. The Morgan fingerprint density at radius 1 is 1.71 bits per heavy atom. The molecule has 0 aromatic rings. The van der Waals surface area contributed by atoms with E-state index in [0.29, 0.717) is 6.10 Å². The average Bonchev–Trinajstić information content (AvgIpc) is 2.14. The van der Waals surface area contributed by atoms with Crippen molar-refractivity contribution in [1.82, 2.24) is 0 Å². The van der Waals surface area contributed by atoms with Crippen LogP contribution < -0.4 is 0 Å². The number of hydrogen-bond donors (Lipinski definition) is 0. The molecule has 0 amide bonds. The molecule has 1 aliphatic rings. The van der Waals surface area contributed by atoms with Crippen molar-refractivity contribution in [1.29, 1.82) is 0 Å². The van der Waals surface area contributed by atoms with E-state index in [-0.39, 0.29) is 0 Å². The molecule has 2 heteroatoms. The second-order valence-corrected chi connectivity index (χ2v) is 1.54. The standard InChI is InChI=1S/C5H7O2/c6-4-5-2-1-3-7-5/h4H,1-3H2. The van der Waals surface area contributed by atoms with Crippen molar-refractivity contribution in [2.75, 3.05) is 6.61 Å². The predicted molar refractivity (Wildman–Crippen MR) is 24.5 cm³/mol. The SMILES string of the molecule is O=C[C]1CCCO1. The molecule has 0 aromatic heterocycles. The maximum atomic E-state index is 9.85. The van der Waals surface area contributed by atoms with Crippen LogP contribution in [0.5, 0.6) is 0 Å². The monoisotopic (exact) mass is 99.0 g/mol. The molecule has 1 heterocycles. The summed E-state index contributed by atoms with van der Waals surface area (Å²) in [6.07, 6.45) is 3.24. The van der Waals surface area contributed by atoms with Gasteiger partial charge in [0.25, 0.3) is 0 Å². The predicted octanol–water partition coefficient (Wildman–Crippen LogP) is 0.528. The lowest BCUT2D eigenvalue weighted by atomic mass is 10.3. The topological polar surface area (TPSA) is 26.3 Å². The molecule has 0 N–H and O–H groups in total. The van der Waals surface area contributed by atoms with E-state index >= 15 is 0 Å². The molecular weight excluding hydrogens is 92.1 g/mol. The molecule has 1 aliphatic heterocycles. The lowest BCUT2D eigenvalue weighted by Gasteiger charge is -1.91. The number of ether oxygens (including phenoxy) is 1. The molecule has 7 heavy (non-hydrogen) atoms. The molecule has 0 saturated carbocycles. The Balaban J connectivity index is 2.26. The Bertz CT molecular complexity index is 64.5. The van der Waals surface area contributed by atoms with Gasteiger partial charge in [0, 0.05) is 6.61 Å². The maximum Gasteiger partial charge on any atom is 0.159 e. The van der Waals surface area contributed by atoms with Gasteiger partial charge in [0.2, 0.25) is 0 Å². The van der Waals surface area contributed by atoms with Crippen molar-refractivity contribution in [2.45, 2.75) is 12.8 Å². The van der Waals surface area contributed by atoms with Gasteiger partial charge in [-0.3, -0.25) is 4.79 Å². The van der Waals surface area contributed by atoms with Gasteiger partial charge in [0.1, 0.15) is 0 Å². The lowest BCUT2D eigenvalue weighted by Crippen LogP contribution is -1.92. The largest absolute Gasteiger partial charge is 0.364 e. The van der Waals surface area contributed by atoms with Crippen LogP contribution in [0.2, 0.25) is 0 Å². The molecule has 39 valence electrons. The number of rotatable bonds is 1. The summed E-state index contributed by atoms with van der Waals surface area (Å²) in [7, 11) is 0. The quantitative estimate of drug-likeness (QED) is 0.448. The third-order valence-electron chi connectivity index (χ3n) is 0.986. The summed E-state index contributed by atoms with van der Waals surface area (Å²) in [4.78, 5) is 9.85. The minimum atomic E-state index is 0.611. The van der Waals surface area contributed by atoms with E-state index in [2.05, 4.69) is 0 Å². The summed E-state index contributed by atoms with van der Waals surface area (Å²) in [5.74, 6) is 0. The van der Waals surface area contributed by atoms with Crippen LogP contribution in [0.4, 0.5) is 0 Å². The van der Waals surface area contributed by atoms with Crippen molar-refractivity contribution in [3.05, 3.63) is 6.10 Å². The minimum absolute atomic E-state index is 0.611. The Morgan fingerprint density at radius 2 is 2.57 bits per heavy atom. The fourth-order valence-electron chi connectivity index (χ4n) is 0.615. The van der Waals surface area contributed by atoms with E-state index < -0.39 is 0 Å². The fourth-order valence-corrected chi connectivity index (χ4v) is 0.615. The first-order valence-corrected chi connectivity index (χ1v) is 2.37. The van der Waals surface area contributed by atoms with Crippen molar-refractivity contribution in [2.24, 2.45) is 0 Å². The van der Waals surface area contributed by atoms with Gasteiger partial charge in [-0.1, -0.05) is 0 Å². The first-order valence-electron chi connectivity index (χ1n) is 2.37. The molecule has 0 aliphatic carbocycles. The number of hydrogen-bond acceptors (Lipinski definition) is 2. The molecule has 0 spiro atoms. The van der Waals surface area contributed by atoms with Crippen LogP contribution in [0, 0.1) is 6.10 Å². The highest BCUT2D eigenvalue weighted by molar-refractivity contribution is 5.65. The molecule has 1 rings (SSSR count). The molecule has 0 atom stereocenters. The van der Waals surface area contributed by atoms with Gasteiger partial charge in [-0.25, -0.2) is 0 Å². The highest BCUT2D eigenvalue weighted by Gasteiger charge is 2.14. The molecule has 0 bridgehead atoms. The van der Waals surface area contributed by atoms with Gasteiger partial charge in [-0.15, -0.1) is 0 Å². The van der Waals surface area contributed by atoms with E-state index in [0.717, 1.165) is 25.7 Å². The van der Waals surface area contributed by atoms with Crippen molar-refractivity contribution >= 4 is 6.29 Å². The Labute approximate surface area is 42.5 Å². The summed E-state index contributed by atoms with van der Waals surface area (Å²) < 4.78 is 4.85. The van der Waals surface area contributed by atoms with E-state index in [4.69, 9.17) is 4.74 Å². The van der Waals surface area contributed by atoms with Gasteiger partial charge in [-0.2, -0.15) is 0 Å². The van der Waals surface area contributed by atoms with Gasteiger partial charge in [0.05, 0.1) is 0 Å². The number of aldehydes is 1. The molecule has 0 unspecified atom stereocenters. The molecule has 1 saturated heterocycles. The van der Waals surface area contributed by atoms with Crippen LogP contribution in [0.1, 0.15) is 12.8 Å². The highest BCUT2D eigenvalue weighted by atomic mass is 16.5. The van der Waals surface area contributed by atoms with Crippen molar-refractivity contribution < 1.29 is 9.53 Å². The summed E-state index contributed by atoms with van der Waals surface area (Å²) in [6, 6.07) is 0. The fraction of sp³-hybridized carbons (Fsp3) is 0.600. The Morgan fingerprint density at radius 3 is 2.86 bits per heavy atom. The Kier molecular flexibility index (Phi) is 1.42. The second-order valence-electron chi connectivity index (χ2n) is 1.54. The number of carbonyl (C=O) groups excluding carboxylic acids is 1. The average molecular weight is 99.1 g/mol. The molecular formula is C5H7O2. The van der Waals surface area contributed by atoms with Crippen LogP contribution in [0.15, 0.2) is 0 Å². The summed E-state index contributed by atoms with van der Waals surface area (Å²) in [6.45, 7) is 0.730. The lowest BCUT2D eigenvalue weighted by molar-refractivity contribution is -0.110. The van der Waals surface area contributed by atoms with Crippen LogP contribution in [-0.4, -0.2) is 12.9 Å². The third-order valence-corrected chi connectivity index (χ3v) is 0.986. The van der Waals surface area contributed by atoms with Gasteiger partial charge < -0.3 is 4.74 Å². The van der Waals surface area contributed by atoms with E-state index in [9.17, 15) is 4.79 Å². The zero-order valence-electron chi connectivity index (χ0n) is 4.02. The zero-order chi connectivity index (χ0) is 5.11. The van der Waals surface area contributed by atoms with Gasteiger partial charge in [-0.05, 0) is 12.8 Å². The van der Waals surface area contributed by atoms with Crippen LogP contribution in [0.3, 0.4) is 0 Å².